The van der Waals surface area contributed by atoms with E-state index in [2.05, 4.69) is 41.5 Å². The molecule has 116 valence electrons. The molecule has 0 bridgehead atoms. The van der Waals surface area contributed by atoms with Crippen LogP contribution in [-0.2, 0) is 0 Å². The van der Waals surface area contributed by atoms with Gasteiger partial charge in [0.05, 0.1) is 13.1 Å². The molecule has 22 heavy (non-hydrogen) atoms. The van der Waals surface area contributed by atoms with Gasteiger partial charge < -0.3 is 0 Å². The maximum atomic E-state index is 6.76. The van der Waals surface area contributed by atoms with E-state index < -0.39 is 0 Å². The molecule has 0 fully saturated rings. The lowest BCUT2D eigenvalue weighted by molar-refractivity contribution is 1.47. The van der Waals surface area contributed by atoms with Crippen molar-refractivity contribution in [1.82, 2.24) is 0 Å². The Balaban J connectivity index is 0. The molecule has 0 aliphatic heterocycles. The van der Waals surface area contributed by atoms with Gasteiger partial charge in [0.15, 0.2) is 11.4 Å². The van der Waals surface area contributed by atoms with E-state index in [0.717, 1.165) is 31.4 Å². The Kier molecular flexibility index (Phi) is 12.2. The second kappa shape index (κ2) is 11.5. The van der Waals surface area contributed by atoms with Gasteiger partial charge in [0.1, 0.15) is 0 Å². The molecule has 0 atom stereocenters. The molecular formula is C16H14Br2Cl2N2. The Morgan fingerprint density at radius 2 is 1.05 bits per heavy atom. The van der Waals surface area contributed by atoms with Crippen LogP contribution < -0.4 is 0 Å². The number of rotatable bonds is 0. The summed E-state index contributed by atoms with van der Waals surface area (Å²) in [5.41, 5.74) is 3.49. The minimum absolute atomic E-state index is 0. The second-order valence-corrected chi connectivity index (χ2v) is 5.92. The van der Waals surface area contributed by atoms with Crippen molar-refractivity contribution in [2.24, 2.45) is 0 Å². The van der Waals surface area contributed by atoms with E-state index >= 15 is 0 Å². The number of hydrogen-bond acceptors (Lipinski definition) is 0. The molecule has 0 saturated heterocycles. The molecule has 2 nitrogen and oxygen atoms in total. The van der Waals surface area contributed by atoms with Crippen LogP contribution in [-0.4, -0.2) is 0 Å². The fourth-order valence-corrected chi connectivity index (χ4v) is 2.44. The molecule has 0 aliphatic carbocycles. The Labute approximate surface area is 160 Å². The summed E-state index contributed by atoms with van der Waals surface area (Å²) in [5, 5.41) is 0. The summed E-state index contributed by atoms with van der Waals surface area (Å²) >= 11 is 6.65. The quantitative estimate of drug-likeness (QED) is 0.358. The van der Waals surface area contributed by atoms with E-state index in [0.29, 0.717) is 0 Å². The maximum absolute atomic E-state index is 6.76. The van der Waals surface area contributed by atoms with Gasteiger partial charge in [-0.25, -0.2) is 9.69 Å². The standard InChI is InChI=1S/2C8H6BrN.2ClH/c2*1-6-5-7(9)3-4-8(6)10-2;;/h2*3-5H,1H3;2*1H. The molecule has 6 heteroatoms. The predicted molar refractivity (Wildman–Crippen MR) is 105 cm³/mol. The zero-order valence-electron chi connectivity index (χ0n) is 11.9. The number of nitrogens with zero attached hydrogens (tertiary/aromatic N) is 2. The Bertz CT molecular complexity index is 643. The van der Waals surface area contributed by atoms with Gasteiger partial charge in [-0.15, -0.1) is 24.8 Å². The highest BCUT2D eigenvalue weighted by Crippen LogP contribution is 2.22. The van der Waals surface area contributed by atoms with Crippen LogP contribution in [0.5, 0.6) is 0 Å². The molecule has 0 N–H and O–H groups in total. The van der Waals surface area contributed by atoms with Crippen LogP contribution in [0, 0.1) is 27.0 Å². The van der Waals surface area contributed by atoms with E-state index in [1.807, 2.05) is 50.2 Å². The van der Waals surface area contributed by atoms with Crippen LogP contribution >= 0.6 is 56.7 Å². The molecule has 0 saturated carbocycles. The molecule has 0 spiro atoms. The van der Waals surface area contributed by atoms with Crippen molar-refractivity contribution in [1.29, 1.82) is 0 Å². The van der Waals surface area contributed by atoms with E-state index in [9.17, 15) is 0 Å². The van der Waals surface area contributed by atoms with Crippen molar-refractivity contribution in [2.75, 3.05) is 0 Å². The molecule has 0 aliphatic rings. The van der Waals surface area contributed by atoms with Crippen LogP contribution in [0.25, 0.3) is 9.69 Å². The SMILES string of the molecule is Cl.Cl.[C-]#[N+]c1ccc(Br)cc1C.[C-]#[N+]c1ccc(Br)cc1C. The molecule has 0 amide bonds. The van der Waals surface area contributed by atoms with Gasteiger partial charge in [-0.2, -0.15) is 0 Å². The lowest BCUT2D eigenvalue weighted by Crippen LogP contribution is -1.70. The van der Waals surface area contributed by atoms with Crippen LogP contribution in [0.2, 0.25) is 0 Å². The maximum Gasteiger partial charge on any atom is 0.190 e. The lowest BCUT2D eigenvalue weighted by atomic mass is 10.2. The largest absolute Gasteiger partial charge is 0.238 e. The summed E-state index contributed by atoms with van der Waals surface area (Å²) in [6.07, 6.45) is 0. The molecule has 0 radical (unpaired) electrons. The fraction of sp³-hybridized carbons (Fsp3) is 0.125. The molecule has 2 aromatic rings. The molecular weight excluding hydrogens is 451 g/mol. The van der Waals surface area contributed by atoms with Gasteiger partial charge in [-0.3, -0.25) is 0 Å². The first-order chi connectivity index (χ1) is 9.47. The molecule has 2 aromatic carbocycles. The third kappa shape index (κ3) is 7.29. The highest BCUT2D eigenvalue weighted by atomic mass is 79.9. The van der Waals surface area contributed by atoms with Gasteiger partial charge in [0.25, 0.3) is 0 Å². The fourth-order valence-electron chi connectivity index (χ4n) is 1.49. The molecule has 0 aromatic heterocycles. The topological polar surface area (TPSA) is 8.72 Å². The van der Waals surface area contributed by atoms with Crippen LogP contribution in [0.15, 0.2) is 45.3 Å². The zero-order chi connectivity index (χ0) is 15.1. The van der Waals surface area contributed by atoms with E-state index in [1.54, 1.807) is 0 Å². The van der Waals surface area contributed by atoms with Gasteiger partial charge >= 0.3 is 0 Å². The van der Waals surface area contributed by atoms with Gasteiger partial charge in [0, 0.05) is 8.95 Å². The summed E-state index contributed by atoms with van der Waals surface area (Å²) < 4.78 is 2.05. The number of hydrogen-bond donors (Lipinski definition) is 0. The van der Waals surface area contributed by atoms with Crippen molar-refractivity contribution < 1.29 is 0 Å². The number of aryl methyl sites for hydroxylation is 2. The lowest BCUT2D eigenvalue weighted by Gasteiger charge is -1.95. The summed E-state index contributed by atoms with van der Waals surface area (Å²) in [6, 6.07) is 11.3. The normalized spacial score (nSPS) is 8.09. The Morgan fingerprint density at radius 1 is 0.727 bits per heavy atom. The third-order valence-corrected chi connectivity index (χ3v) is 3.55. The van der Waals surface area contributed by atoms with E-state index in [1.165, 1.54) is 0 Å². The molecule has 0 heterocycles. The average molecular weight is 465 g/mol. The monoisotopic (exact) mass is 462 g/mol. The minimum Gasteiger partial charge on any atom is -0.238 e. The number of halogens is 4. The first-order valence-corrected chi connectivity index (χ1v) is 7.33. The van der Waals surface area contributed by atoms with E-state index in [-0.39, 0.29) is 24.8 Å². The van der Waals surface area contributed by atoms with Crippen LogP contribution in [0.4, 0.5) is 11.4 Å². The summed E-state index contributed by atoms with van der Waals surface area (Å²) in [7, 11) is 0. The Morgan fingerprint density at radius 3 is 1.27 bits per heavy atom. The number of benzene rings is 2. The summed E-state index contributed by atoms with van der Waals surface area (Å²) in [6.45, 7) is 17.4. The average Bonchev–Trinajstić information content (AvgIpc) is 2.40. The van der Waals surface area contributed by atoms with Gasteiger partial charge in [0.2, 0.25) is 0 Å². The second-order valence-electron chi connectivity index (χ2n) is 4.09. The van der Waals surface area contributed by atoms with Crippen molar-refractivity contribution in [2.45, 2.75) is 13.8 Å². The van der Waals surface area contributed by atoms with Crippen molar-refractivity contribution in [3.8, 4) is 0 Å². The molecule has 2 rings (SSSR count). The van der Waals surface area contributed by atoms with Crippen molar-refractivity contribution in [3.05, 3.63) is 79.3 Å². The van der Waals surface area contributed by atoms with E-state index in [4.69, 9.17) is 13.1 Å². The smallest absolute Gasteiger partial charge is 0.190 e. The predicted octanol–water partition coefficient (Wildman–Crippen LogP) is 7.46. The Hall–Kier alpha value is -1.04. The summed E-state index contributed by atoms with van der Waals surface area (Å²) in [5.74, 6) is 0. The van der Waals surface area contributed by atoms with Crippen LogP contribution in [0.3, 0.4) is 0 Å². The minimum atomic E-state index is 0. The highest BCUT2D eigenvalue weighted by molar-refractivity contribution is 9.10. The highest BCUT2D eigenvalue weighted by Gasteiger charge is 1.96. The third-order valence-electron chi connectivity index (χ3n) is 2.56. The molecule has 0 unspecified atom stereocenters. The first kappa shape index (κ1) is 23.2. The van der Waals surface area contributed by atoms with Crippen molar-refractivity contribution >= 4 is 68.0 Å². The van der Waals surface area contributed by atoms with Crippen LogP contribution in [0.1, 0.15) is 11.1 Å². The zero-order valence-corrected chi connectivity index (χ0v) is 16.7. The van der Waals surface area contributed by atoms with Crippen molar-refractivity contribution in [3.63, 3.8) is 0 Å². The first-order valence-electron chi connectivity index (χ1n) is 5.75. The van der Waals surface area contributed by atoms with Gasteiger partial charge in [-0.1, -0.05) is 68.3 Å². The summed E-state index contributed by atoms with van der Waals surface area (Å²) in [4.78, 5) is 6.68. The van der Waals surface area contributed by atoms with Gasteiger partial charge in [-0.05, 0) is 25.0 Å².